The van der Waals surface area contributed by atoms with Crippen LogP contribution in [0.2, 0.25) is 0 Å². The number of nitrogens with one attached hydrogen (secondary N) is 1. The van der Waals surface area contributed by atoms with Crippen molar-refractivity contribution in [3.8, 4) is 0 Å². The molecule has 3 amide bonds. The van der Waals surface area contributed by atoms with Crippen molar-refractivity contribution >= 4 is 29.4 Å². The van der Waals surface area contributed by atoms with Crippen molar-refractivity contribution in [2.45, 2.75) is 46.6 Å². The van der Waals surface area contributed by atoms with Crippen LogP contribution in [-0.4, -0.2) is 41.2 Å². The monoisotopic (exact) mass is 398 g/mol. The van der Waals surface area contributed by atoms with Gasteiger partial charge in [-0.05, 0) is 51.7 Å². The number of fused-ring (bicyclic) bond motifs is 1. The fraction of sp³-hybridized carbons (Fsp3) is 0.455. The molecule has 3 rings (SSSR count). The number of allylic oxidation sites excluding steroid dienone is 2. The topological polar surface area (TPSA) is 92.8 Å². The number of benzene rings is 1. The first-order chi connectivity index (χ1) is 13.7. The van der Waals surface area contributed by atoms with Crippen molar-refractivity contribution in [3.05, 3.63) is 41.0 Å². The third kappa shape index (κ3) is 4.09. The smallest absolute Gasteiger partial charge is 0.329 e. The van der Waals surface area contributed by atoms with Crippen molar-refractivity contribution in [1.29, 1.82) is 0 Å². The molecule has 154 valence electrons. The zero-order valence-corrected chi connectivity index (χ0v) is 17.2. The highest BCUT2D eigenvalue weighted by molar-refractivity contribution is 6.08. The second kappa shape index (κ2) is 8.19. The van der Waals surface area contributed by atoms with E-state index in [1.807, 2.05) is 45.1 Å². The highest BCUT2D eigenvalue weighted by atomic mass is 16.5. The van der Waals surface area contributed by atoms with E-state index in [9.17, 15) is 19.2 Å². The van der Waals surface area contributed by atoms with Crippen LogP contribution in [0.3, 0.4) is 0 Å². The van der Waals surface area contributed by atoms with Gasteiger partial charge in [-0.2, -0.15) is 0 Å². The molecule has 1 fully saturated rings. The van der Waals surface area contributed by atoms with Gasteiger partial charge in [-0.1, -0.05) is 29.8 Å². The third-order valence-electron chi connectivity index (χ3n) is 5.56. The molecule has 0 unspecified atom stereocenters. The Morgan fingerprint density at radius 3 is 2.10 bits per heavy atom. The quantitative estimate of drug-likeness (QED) is 0.467. The molecule has 29 heavy (non-hydrogen) atoms. The largest absolute Gasteiger partial charge is 0.454 e. The molecule has 7 nitrogen and oxygen atoms in total. The van der Waals surface area contributed by atoms with Crippen LogP contribution in [-0.2, 0) is 23.9 Å². The van der Waals surface area contributed by atoms with Crippen LogP contribution in [0, 0.1) is 32.6 Å². The molecule has 1 saturated heterocycles. The fourth-order valence-corrected chi connectivity index (χ4v) is 4.12. The molecule has 1 aromatic rings. The van der Waals surface area contributed by atoms with E-state index < -0.39 is 36.4 Å². The Kier molecular flexibility index (Phi) is 5.86. The maximum absolute atomic E-state index is 12.6. The van der Waals surface area contributed by atoms with Crippen LogP contribution in [0.1, 0.15) is 36.5 Å². The number of hydrogen-bond donors (Lipinski definition) is 1. The lowest BCUT2D eigenvalue weighted by Gasteiger charge is -2.21. The zero-order chi connectivity index (χ0) is 21.3. The van der Waals surface area contributed by atoms with Crippen LogP contribution in [0.4, 0.5) is 5.69 Å². The van der Waals surface area contributed by atoms with E-state index >= 15 is 0 Å². The van der Waals surface area contributed by atoms with Crippen molar-refractivity contribution in [3.63, 3.8) is 0 Å². The summed E-state index contributed by atoms with van der Waals surface area (Å²) in [6, 6.07) is 2.85. The van der Waals surface area contributed by atoms with Crippen LogP contribution < -0.4 is 5.32 Å². The number of nitrogens with zero attached hydrogens (tertiary/aromatic N) is 1. The van der Waals surface area contributed by atoms with E-state index in [1.165, 1.54) is 6.92 Å². The summed E-state index contributed by atoms with van der Waals surface area (Å²) in [5, 5.41) is 2.76. The minimum Gasteiger partial charge on any atom is -0.454 e. The van der Waals surface area contributed by atoms with Gasteiger partial charge in [-0.15, -0.1) is 0 Å². The van der Waals surface area contributed by atoms with E-state index in [1.54, 1.807) is 0 Å². The number of carbonyl (C=O) groups is 4. The molecule has 1 aromatic carbocycles. The lowest BCUT2D eigenvalue weighted by Crippen LogP contribution is -2.45. The summed E-state index contributed by atoms with van der Waals surface area (Å²) < 4.78 is 5.09. The average molecular weight is 398 g/mol. The molecular formula is C22H26N2O5. The third-order valence-corrected chi connectivity index (χ3v) is 5.56. The normalized spacial score (nSPS) is 21.7. The lowest BCUT2D eigenvalue weighted by atomic mass is 9.85. The van der Waals surface area contributed by atoms with Gasteiger partial charge in [0.25, 0.3) is 5.91 Å². The molecule has 3 atom stereocenters. The van der Waals surface area contributed by atoms with Gasteiger partial charge >= 0.3 is 5.97 Å². The molecule has 1 heterocycles. The number of ether oxygens (including phenoxy) is 1. The molecule has 0 bridgehead atoms. The first-order valence-electron chi connectivity index (χ1n) is 9.77. The predicted octanol–water partition coefficient (Wildman–Crippen LogP) is 2.43. The number of amides is 3. The fourth-order valence-electron chi connectivity index (χ4n) is 4.12. The average Bonchev–Trinajstić information content (AvgIpc) is 2.93. The standard InChI is InChI=1S/C22H26N2O5/c1-12-9-13(2)19(14(3)10-12)23-18(25)11-29-22(28)15(4)24-20(26)16-7-5-6-8-17(16)21(24)27/h5-6,9-10,15-17H,7-8,11H2,1-4H3,(H,23,25)/t15-,16+,17+/m0/s1. The first kappa shape index (κ1) is 20.8. The summed E-state index contributed by atoms with van der Waals surface area (Å²) in [5.74, 6) is -2.74. The molecule has 0 saturated carbocycles. The minimum absolute atomic E-state index is 0.343. The number of esters is 1. The Morgan fingerprint density at radius 1 is 1.07 bits per heavy atom. The highest BCUT2D eigenvalue weighted by Gasteiger charge is 2.50. The number of carbonyl (C=O) groups excluding carboxylic acids is 4. The summed E-state index contributed by atoms with van der Waals surface area (Å²) in [4.78, 5) is 50.8. The molecular weight excluding hydrogens is 372 g/mol. The SMILES string of the molecule is Cc1cc(C)c(NC(=O)COC(=O)[C@H](C)N2C(=O)[C@@H]3CC=CC[C@H]3C2=O)c(C)c1. The lowest BCUT2D eigenvalue weighted by molar-refractivity contribution is -0.159. The Labute approximate surface area is 170 Å². The molecule has 7 heteroatoms. The number of imide groups is 1. The summed E-state index contributed by atoms with van der Waals surface area (Å²) in [6.07, 6.45) is 4.78. The molecule has 0 spiro atoms. The van der Waals surface area contributed by atoms with E-state index in [0.29, 0.717) is 18.5 Å². The van der Waals surface area contributed by atoms with Crippen LogP contribution >= 0.6 is 0 Å². The van der Waals surface area contributed by atoms with Crippen molar-refractivity contribution in [1.82, 2.24) is 4.90 Å². The maximum Gasteiger partial charge on any atom is 0.329 e. The number of hydrogen-bond acceptors (Lipinski definition) is 5. The van der Waals surface area contributed by atoms with Crippen LogP contribution in [0.5, 0.6) is 0 Å². The Bertz CT molecular complexity index is 855. The van der Waals surface area contributed by atoms with E-state index in [2.05, 4.69) is 5.32 Å². The molecule has 0 radical (unpaired) electrons. The Balaban J connectivity index is 1.59. The van der Waals surface area contributed by atoms with Crippen LogP contribution in [0.15, 0.2) is 24.3 Å². The zero-order valence-electron chi connectivity index (χ0n) is 17.2. The Hall–Kier alpha value is -2.96. The molecule has 1 N–H and O–H groups in total. The molecule has 1 aliphatic carbocycles. The predicted molar refractivity (Wildman–Crippen MR) is 107 cm³/mol. The van der Waals surface area contributed by atoms with Gasteiger partial charge in [-0.25, -0.2) is 4.79 Å². The van der Waals surface area contributed by atoms with Gasteiger partial charge in [0.05, 0.1) is 11.8 Å². The number of likely N-dealkylation sites (tertiary alicyclic amines) is 1. The van der Waals surface area contributed by atoms with Crippen molar-refractivity contribution in [2.24, 2.45) is 11.8 Å². The van der Waals surface area contributed by atoms with E-state index in [-0.39, 0.29) is 11.8 Å². The second-order valence-electron chi connectivity index (χ2n) is 7.81. The van der Waals surface area contributed by atoms with Gasteiger partial charge in [0, 0.05) is 5.69 Å². The van der Waals surface area contributed by atoms with E-state index in [0.717, 1.165) is 21.6 Å². The van der Waals surface area contributed by atoms with Crippen molar-refractivity contribution < 1.29 is 23.9 Å². The molecule has 2 aliphatic rings. The Morgan fingerprint density at radius 2 is 1.59 bits per heavy atom. The van der Waals surface area contributed by atoms with Crippen LogP contribution in [0.25, 0.3) is 0 Å². The van der Waals surface area contributed by atoms with Gasteiger partial charge in [-0.3, -0.25) is 19.3 Å². The van der Waals surface area contributed by atoms with Gasteiger partial charge in [0.1, 0.15) is 6.04 Å². The number of rotatable bonds is 5. The maximum atomic E-state index is 12.6. The summed E-state index contributed by atoms with van der Waals surface area (Å²) in [6.45, 7) is 6.72. The minimum atomic E-state index is -1.06. The number of aryl methyl sites for hydroxylation is 3. The molecule has 0 aromatic heterocycles. The number of anilines is 1. The highest BCUT2D eigenvalue weighted by Crippen LogP contribution is 2.36. The van der Waals surface area contributed by atoms with Gasteiger partial charge in [0.15, 0.2) is 6.61 Å². The van der Waals surface area contributed by atoms with Crippen molar-refractivity contribution in [2.75, 3.05) is 11.9 Å². The van der Waals surface area contributed by atoms with E-state index in [4.69, 9.17) is 4.74 Å². The molecule has 1 aliphatic heterocycles. The first-order valence-corrected chi connectivity index (χ1v) is 9.77. The van der Waals surface area contributed by atoms with Gasteiger partial charge < -0.3 is 10.1 Å². The van der Waals surface area contributed by atoms with Gasteiger partial charge in [0.2, 0.25) is 11.8 Å². The summed E-state index contributed by atoms with van der Waals surface area (Å²) in [5.41, 5.74) is 3.61. The summed E-state index contributed by atoms with van der Waals surface area (Å²) >= 11 is 0. The summed E-state index contributed by atoms with van der Waals surface area (Å²) in [7, 11) is 0. The second-order valence-corrected chi connectivity index (χ2v) is 7.81.